The second-order valence-corrected chi connectivity index (χ2v) is 5.64. The zero-order chi connectivity index (χ0) is 16.4. The number of nitrogens with zero attached hydrogens (tertiary/aromatic N) is 2. The highest BCUT2D eigenvalue weighted by molar-refractivity contribution is 5.78. The quantitative estimate of drug-likeness (QED) is 0.508. The lowest BCUT2D eigenvalue weighted by molar-refractivity contribution is 0.463. The van der Waals surface area contributed by atoms with Crippen molar-refractivity contribution in [2.24, 2.45) is 0 Å². The molecule has 0 unspecified atom stereocenters. The summed E-state index contributed by atoms with van der Waals surface area (Å²) in [5.74, 6) is 1.42. The third-order valence-corrected chi connectivity index (χ3v) is 3.97. The second kappa shape index (κ2) is 6.13. The van der Waals surface area contributed by atoms with Crippen molar-refractivity contribution in [3.05, 3.63) is 84.7 Å². The minimum atomic E-state index is 0.584. The molecule has 116 valence electrons. The number of aryl methyl sites for hydroxylation is 1. The molecule has 4 rings (SSSR count). The van der Waals surface area contributed by atoms with E-state index >= 15 is 0 Å². The highest BCUT2D eigenvalue weighted by atomic mass is 16.5. The second-order valence-electron chi connectivity index (χ2n) is 5.64. The number of pyridine rings is 2. The number of ether oxygens (including phenoxy) is 1. The molecule has 2 aromatic carbocycles. The molecule has 0 aliphatic carbocycles. The van der Waals surface area contributed by atoms with Crippen LogP contribution in [-0.2, 0) is 0 Å². The van der Waals surface area contributed by atoms with Gasteiger partial charge in [-0.3, -0.25) is 4.98 Å². The third kappa shape index (κ3) is 2.72. The molecule has 0 N–H and O–H groups in total. The van der Waals surface area contributed by atoms with Crippen molar-refractivity contribution in [3.63, 3.8) is 0 Å². The summed E-state index contributed by atoms with van der Waals surface area (Å²) >= 11 is 0. The van der Waals surface area contributed by atoms with Crippen LogP contribution >= 0.6 is 0 Å². The predicted molar refractivity (Wildman–Crippen MR) is 96.2 cm³/mol. The Morgan fingerprint density at radius 1 is 0.833 bits per heavy atom. The van der Waals surface area contributed by atoms with Crippen LogP contribution in [0.1, 0.15) is 5.56 Å². The fourth-order valence-corrected chi connectivity index (χ4v) is 2.74. The highest BCUT2D eigenvalue weighted by Gasteiger charge is 2.11. The summed E-state index contributed by atoms with van der Waals surface area (Å²) in [6.45, 7) is 2.05. The van der Waals surface area contributed by atoms with Crippen molar-refractivity contribution in [1.82, 2.24) is 9.97 Å². The van der Waals surface area contributed by atoms with Gasteiger partial charge in [0.1, 0.15) is 5.75 Å². The Morgan fingerprint density at radius 2 is 1.71 bits per heavy atom. The van der Waals surface area contributed by atoms with Gasteiger partial charge in [0.15, 0.2) is 0 Å². The number of rotatable bonds is 3. The van der Waals surface area contributed by atoms with Gasteiger partial charge in [-0.1, -0.05) is 48.5 Å². The molecule has 2 heterocycles. The molecule has 0 spiro atoms. The molecular weight excluding hydrogens is 296 g/mol. The van der Waals surface area contributed by atoms with Gasteiger partial charge in [0.25, 0.3) is 0 Å². The van der Waals surface area contributed by atoms with Crippen molar-refractivity contribution in [2.45, 2.75) is 6.92 Å². The van der Waals surface area contributed by atoms with Crippen LogP contribution in [0, 0.1) is 6.92 Å². The first-order chi connectivity index (χ1) is 11.8. The average Bonchev–Trinajstić information content (AvgIpc) is 2.64. The van der Waals surface area contributed by atoms with Gasteiger partial charge in [-0.2, -0.15) is 0 Å². The molecule has 2 aromatic heterocycles. The Kier molecular flexibility index (Phi) is 3.67. The van der Waals surface area contributed by atoms with Crippen LogP contribution in [-0.4, -0.2) is 9.97 Å². The summed E-state index contributed by atoms with van der Waals surface area (Å²) in [6.07, 6.45) is 3.54. The molecule has 0 fully saturated rings. The van der Waals surface area contributed by atoms with Crippen molar-refractivity contribution < 1.29 is 4.74 Å². The molecule has 0 aliphatic rings. The first-order valence-corrected chi connectivity index (χ1v) is 7.85. The summed E-state index contributed by atoms with van der Waals surface area (Å²) < 4.78 is 6.17. The van der Waals surface area contributed by atoms with E-state index in [9.17, 15) is 0 Å². The predicted octanol–water partition coefficient (Wildman–Crippen LogP) is 5.40. The van der Waals surface area contributed by atoms with Crippen LogP contribution in [0.2, 0.25) is 0 Å². The number of para-hydroxylation sites is 1. The standard InChI is InChI=1S/C21H16N2O/c1-15-6-5-9-18(16-7-3-2-4-8-16)21(15)24-20-11-10-17-14-22-13-12-19(17)23-20/h2-14H,1H3. The number of hydrogen-bond donors (Lipinski definition) is 0. The lowest BCUT2D eigenvalue weighted by Gasteiger charge is -2.14. The lowest BCUT2D eigenvalue weighted by atomic mass is 10.0. The fraction of sp³-hybridized carbons (Fsp3) is 0.0476. The van der Waals surface area contributed by atoms with Gasteiger partial charge in [0.2, 0.25) is 5.88 Å². The van der Waals surface area contributed by atoms with E-state index in [1.807, 2.05) is 55.5 Å². The molecule has 0 radical (unpaired) electrons. The van der Waals surface area contributed by atoms with Gasteiger partial charge in [0.05, 0.1) is 5.52 Å². The van der Waals surface area contributed by atoms with E-state index in [2.05, 4.69) is 28.2 Å². The first-order valence-electron chi connectivity index (χ1n) is 7.85. The number of aromatic nitrogens is 2. The summed E-state index contributed by atoms with van der Waals surface area (Å²) in [5, 5.41) is 0.998. The molecule has 0 saturated heterocycles. The Labute approximate surface area is 140 Å². The minimum absolute atomic E-state index is 0.584. The van der Waals surface area contributed by atoms with E-state index in [1.54, 1.807) is 12.4 Å². The Morgan fingerprint density at radius 3 is 2.58 bits per heavy atom. The zero-order valence-electron chi connectivity index (χ0n) is 13.3. The van der Waals surface area contributed by atoms with Crippen LogP contribution in [0.25, 0.3) is 22.0 Å². The van der Waals surface area contributed by atoms with Crippen molar-refractivity contribution in [3.8, 4) is 22.8 Å². The topological polar surface area (TPSA) is 35.0 Å². The molecule has 0 atom stereocenters. The molecule has 0 saturated carbocycles. The van der Waals surface area contributed by atoms with Gasteiger partial charge in [0, 0.05) is 29.4 Å². The normalized spacial score (nSPS) is 10.7. The maximum absolute atomic E-state index is 6.17. The summed E-state index contributed by atoms with van der Waals surface area (Å²) in [5.41, 5.74) is 4.14. The molecular formula is C21H16N2O. The monoisotopic (exact) mass is 312 g/mol. The number of hydrogen-bond acceptors (Lipinski definition) is 3. The van der Waals surface area contributed by atoms with E-state index in [4.69, 9.17) is 4.74 Å². The SMILES string of the molecule is Cc1cccc(-c2ccccc2)c1Oc1ccc2cnccc2n1. The molecule has 0 bridgehead atoms. The van der Waals surface area contributed by atoms with Crippen molar-refractivity contribution in [2.75, 3.05) is 0 Å². The van der Waals surface area contributed by atoms with Crippen LogP contribution in [0.15, 0.2) is 79.1 Å². The lowest BCUT2D eigenvalue weighted by Crippen LogP contribution is -1.94. The average molecular weight is 312 g/mol. The zero-order valence-corrected chi connectivity index (χ0v) is 13.3. The van der Waals surface area contributed by atoms with Crippen molar-refractivity contribution >= 4 is 10.9 Å². The van der Waals surface area contributed by atoms with Gasteiger partial charge in [-0.05, 0) is 30.2 Å². The third-order valence-electron chi connectivity index (χ3n) is 3.97. The van der Waals surface area contributed by atoms with Crippen LogP contribution in [0.3, 0.4) is 0 Å². The van der Waals surface area contributed by atoms with Gasteiger partial charge in [-0.15, -0.1) is 0 Å². The van der Waals surface area contributed by atoms with E-state index < -0.39 is 0 Å². The van der Waals surface area contributed by atoms with E-state index in [0.717, 1.165) is 33.3 Å². The van der Waals surface area contributed by atoms with Crippen LogP contribution < -0.4 is 4.74 Å². The molecule has 3 heteroatoms. The van der Waals surface area contributed by atoms with Crippen LogP contribution in [0.5, 0.6) is 11.6 Å². The first kappa shape index (κ1) is 14.4. The van der Waals surface area contributed by atoms with Gasteiger partial charge >= 0.3 is 0 Å². The Balaban J connectivity index is 1.78. The molecule has 4 aromatic rings. The van der Waals surface area contributed by atoms with E-state index in [1.165, 1.54) is 0 Å². The largest absolute Gasteiger partial charge is 0.438 e. The molecule has 0 amide bonds. The van der Waals surface area contributed by atoms with Gasteiger partial charge in [-0.25, -0.2) is 4.98 Å². The maximum Gasteiger partial charge on any atom is 0.219 e. The fourth-order valence-electron chi connectivity index (χ4n) is 2.74. The van der Waals surface area contributed by atoms with E-state index in [-0.39, 0.29) is 0 Å². The summed E-state index contributed by atoms with van der Waals surface area (Å²) in [7, 11) is 0. The Bertz CT molecular complexity index is 997. The van der Waals surface area contributed by atoms with Gasteiger partial charge < -0.3 is 4.74 Å². The minimum Gasteiger partial charge on any atom is -0.438 e. The van der Waals surface area contributed by atoms with E-state index in [0.29, 0.717) is 5.88 Å². The molecule has 3 nitrogen and oxygen atoms in total. The highest BCUT2D eigenvalue weighted by Crippen LogP contribution is 2.35. The van der Waals surface area contributed by atoms with Crippen LogP contribution in [0.4, 0.5) is 0 Å². The summed E-state index contributed by atoms with van der Waals surface area (Å²) in [4.78, 5) is 8.70. The number of fused-ring (bicyclic) bond motifs is 1. The molecule has 0 aliphatic heterocycles. The molecule has 24 heavy (non-hydrogen) atoms. The Hall–Kier alpha value is -3.20. The smallest absolute Gasteiger partial charge is 0.219 e. The van der Waals surface area contributed by atoms with Crippen molar-refractivity contribution in [1.29, 1.82) is 0 Å². The maximum atomic E-state index is 6.17. The number of benzene rings is 2. The summed E-state index contributed by atoms with van der Waals surface area (Å²) in [6, 6.07) is 22.2.